The van der Waals surface area contributed by atoms with Crippen molar-refractivity contribution in [2.45, 2.75) is 39.0 Å². The molecule has 0 saturated carbocycles. The number of aromatic nitrogens is 1. The molecule has 8 nitrogen and oxygen atoms in total. The van der Waals surface area contributed by atoms with Crippen molar-refractivity contribution in [1.29, 1.82) is 0 Å². The first-order chi connectivity index (χ1) is 16.4. The SMILES string of the molecule is Cc1ccc(C2(C)CC(c3ccc(C(=O)N4CC(=O)N(CC(F)(F)F)C(=O)C4)c(C)c3)=NO2)cn1. The summed E-state index contributed by atoms with van der Waals surface area (Å²) in [6.07, 6.45) is -2.48. The zero-order valence-electron chi connectivity index (χ0n) is 19.3. The molecule has 2 aromatic rings. The Morgan fingerprint density at radius 1 is 1.11 bits per heavy atom. The van der Waals surface area contributed by atoms with E-state index in [0.29, 0.717) is 17.7 Å². The lowest BCUT2D eigenvalue weighted by Crippen LogP contribution is -2.57. The highest BCUT2D eigenvalue weighted by atomic mass is 19.4. The van der Waals surface area contributed by atoms with Gasteiger partial charge in [0.2, 0.25) is 11.8 Å². The van der Waals surface area contributed by atoms with E-state index in [-0.39, 0.29) is 10.5 Å². The van der Waals surface area contributed by atoms with Gasteiger partial charge < -0.3 is 9.74 Å². The Balaban J connectivity index is 1.47. The molecule has 0 spiro atoms. The van der Waals surface area contributed by atoms with Gasteiger partial charge in [0, 0.05) is 29.4 Å². The summed E-state index contributed by atoms with van der Waals surface area (Å²) in [4.78, 5) is 48.3. The number of halogens is 3. The number of benzene rings is 1. The lowest BCUT2D eigenvalue weighted by molar-refractivity contribution is -0.174. The third-order valence-electron chi connectivity index (χ3n) is 6.05. The molecule has 2 aliphatic rings. The van der Waals surface area contributed by atoms with E-state index < -0.39 is 49.1 Å². The molecule has 3 heterocycles. The predicted molar refractivity (Wildman–Crippen MR) is 118 cm³/mol. The van der Waals surface area contributed by atoms with Crippen molar-refractivity contribution in [3.05, 3.63) is 64.5 Å². The molecule has 1 aromatic carbocycles. The topological polar surface area (TPSA) is 92.2 Å². The van der Waals surface area contributed by atoms with Crippen LogP contribution in [0.15, 0.2) is 41.7 Å². The molecule has 0 aliphatic carbocycles. The molecular weight excluding hydrogens is 465 g/mol. The van der Waals surface area contributed by atoms with Crippen LogP contribution in [0.5, 0.6) is 0 Å². The molecule has 1 unspecified atom stereocenters. The summed E-state index contributed by atoms with van der Waals surface area (Å²) in [5, 5.41) is 4.23. The molecule has 4 rings (SSSR count). The van der Waals surface area contributed by atoms with Gasteiger partial charge in [-0.1, -0.05) is 17.3 Å². The fourth-order valence-electron chi connectivity index (χ4n) is 4.08. The Labute approximate surface area is 199 Å². The molecule has 0 bridgehead atoms. The molecule has 1 fully saturated rings. The molecule has 3 amide bonds. The van der Waals surface area contributed by atoms with E-state index in [0.717, 1.165) is 21.7 Å². The van der Waals surface area contributed by atoms with Crippen molar-refractivity contribution in [3.8, 4) is 0 Å². The maximum Gasteiger partial charge on any atom is 0.406 e. The van der Waals surface area contributed by atoms with Crippen LogP contribution in [0.1, 0.15) is 46.1 Å². The van der Waals surface area contributed by atoms with Crippen LogP contribution < -0.4 is 0 Å². The van der Waals surface area contributed by atoms with Gasteiger partial charge >= 0.3 is 6.18 Å². The number of carbonyl (C=O) groups is 3. The first-order valence-electron chi connectivity index (χ1n) is 10.8. The summed E-state index contributed by atoms with van der Waals surface area (Å²) in [7, 11) is 0. The molecule has 0 radical (unpaired) electrons. The summed E-state index contributed by atoms with van der Waals surface area (Å²) in [6, 6.07) is 8.81. The van der Waals surface area contributed by atoms with Gasteiger partial charge in [-0.2, -0.15) is 13.2 Å². The fourth-order valence-corrected chi connectivity index (χ4v) is 4.08. The molecule has 1 aromatic heterocycles. The molecular formula is C24H23F3N4O4. The smallest absolute Gasteiger partial charge is 0.384 e. The largest absolute Gasteiger partial charge is 0.406 e. The zero-order valence-corrected chi connectivity index (χ0v) is 19.3. The minimum absolute atomic E-state index is 0.137. The number of piperazine rings is 1. The third-order valence-corrected chi connectivity index (χ3v) is 6.05. The summed E-state index contributed by atoms with van der Waals surface area (Å²) < 4.78 is 37.9. The van der Waals surface area contributed by atoms with Crippen LogP contribution in [-0.2, 0) is 20.0 Å². The van der Waals surface area contributed by atoms with Gasteiger partial charge in [-0.25, -0.2) is 0 Å². The average molecular weight is 488 g/mol. The number of aryl methyl sites for hydroxylation is 2. The Bertz CT molecular complexity index is 1210. The number of nitrogens with zero attached hydrogens (tertiary/aromatic N) is 4. The normalized spacial score (nSPS) is 20.7. The van der Waals surface area contributed by atoms with Crippen LogP contribution in [0.25, 0.3) is 0 Å². The number of oxime groups is 1. The van der Waals surface area contributed by atoms with Crippen LogP contribution in [0.3, 0.4) is 0 Å². The van der Waals surface area contributed by atoms with Crippen LogP contribution in [0, 0.1) is 13.8 Å². The maximum atomic E-state index is 13.0. The average Bonchev–Trinajstić information content (AvgIpc) is 3.18. The number of imide groups is 1. The van der Waals surface area contributed by atoms with Gasteiger partial charge in [0.15, 0.2) is 5.60 Å². The van der Waals surface area contributed by atoms with E-state index in [1.54, 1.807) is 31.3 Å². The highest BCUT2D eigenvalue weighted by Gasteiger charge is 2.41. The number of rotatable bonds is 4. The summed E-state index contributed by atoms with van der Waals surface area (Å²) in [5.74, 6) is -2.74. The van der Waals surface area contributed by atoms with Crippen LogP contribution in [-0.4, -0.2) is 64.0 Å². The Hall–Kier alpha value is -3.76. The van der Waals surface area contributed by atoms with Gasteiger partial charge in [0.05, 0.1) is 5.71 Å². The van der Waals surface area contributed by atoms with Crippen LogP contribution >= 0.6 is 0 Å². The second kappa shape index (κ2) is 8.79. The van der Waals surface area contributed by atoms with E-state index in [1.807, 2.05) is 26.0 Å². The van der Waals surface area contributed by atoms with Crippen molar-refractivity contribution in [2.75, 3.05) is 19.6 Å². The van der Waals surface area contributed by atoms with Gasteiger partial charge in [-0.3, -0.25) is 24.3 Å². The van der Waals surface area contributed by atoms with E-state index in [2.05, 4.69) is 10.1 Å². The van der Waals surface area contributed by atoms with Crippen molar-refractivity contribution >= 4 is 23.4 Å². The minimum atomic E-state index is -4.71. The monoisotopic (exact) mass is 488 g/mol. The van der Waals surface area contributed by atoms with Gasteiger partial charge in [0.25, 0.3) is 5.91 Å². The maximum absolute atomic E-state index is 13.0. The lowest BCUT2D eigenvalue weighted by atomic mass is 9.89. The molecule has 1 saturated heterocycles. The summed E-state index contributed by atoms with van der Waals surface area (Å²) >= 11 is 0. The number of amides is 3. The van der Waals surface area contributed by atoms with Crippen LogP contribution in [0.2, 0.25) is 0 Å². The highest BCUT2D eigenvalue weighted by molar-refractivity contribution is 6.07. The van der Waals surface area contributed by atoms with Crippen molar-refractivity contribution in [2.24, 2.45) is 5.16 Å². The van der Waals surface area contributed by atoms with Gasteiger partial charge in [-0.15, -0.1) is 0 Å². The zero-order chi connectivity index (χ0) is 25.5. The molecule has 1 atom stereocenters. The molecule has 11 heteroatoms. The lowest BCUT2D eigenvalue weighted by Gasteiger charge is -2.33. The molecule has 2 aliphatic heterocycles. The summed E-state index contributed by atoms with van der Waals surface area (Å²) in [5.41, 5.74) is 3.31. The molecule has 35 heavy (non-hydrogen) atoms. The van der Waals surface area contributed by atoms with E-state index in [4.69, 9.17) is 4.84 Å². The quantitative estimate of drug-likeness (QED) is 0.617. The minimum Gasteiger partial charge on any atom is -0.384 e. The number of hydrogen-bond acceptors (Lipinski definition) is 6. The van der Waals surface area contributed by atoms with E-state index in [9.17, 15) is 27.6 Å². The Kier molecular flexibility index (Phi) is 6.12. The first kappa shape index (κ1) is 24.4. The number of carbonyl (C=O) groups excluding carboxylic acids is 3. The second-order valence-electron chi connectivity index (χ2n) is 8.90. The van der Waals surface area contributed by atoms with Crippen molar-refractivity contribution in [3.63, 3.8) is 0 Å². The Morgan fingerprint density at radius 3 is 2.37 bits per heavy atom. The predicted octanol–water partition coefficient (Wildman–Crippen LogP) is 3.11. The number of alkyl halides is 3. The van der Waals surface area contributed by atoms with Gasteiger partial charge in [0.1, 0.15) is 19.6 Å². The molecule has 0 N–H and O–H groups in total. The van der Waals surface area contributed by atoms with Gasteiger partial charge in [-0.05, 0) is 50.1 Å². The first-order valence-corrected chi connectivity index (χ1v) is 10.8. The standard InChI is InChI=1S/C24H23F3N4O4/c1-14-8-16(19-9-23(3,35-29-19)17-6-4-15(2)28-10-17)5-7-18(14)22(34)30-11-20(32)31(21(33)12-30)13-24(25,26)27/h4-8,10H,9,11-13H2,1-3H3. The number of pyridine rings is 1. The Morgan fingerprint density at radius 2 is 1.80 bits per heavy atom. The summed E-state index contributed by atoms with van der Waals surface area (Å²) in [6.45, 7) is 2.62. The molecule has 184 valence electrons. The second-order valence-corrected chi connectivity index (χ2v) is 8.90. The fraction of sp³-hybridized carbons (Fsp3) is 0.375. The van der Waals surface area contributed by atoms with E-state index >= 15 is 0 Å². The van der Waals surface area contributed by atoms with Crippen molar-refractivity contribution < 1.29 is 32.4 Å². The van der Waals surface area contributed by atoms with Crippen molar-refractivity contribution in [1.82, 2.24) is 14.8 Å². The van der Waals surface area contributed by atoms with E-state index in [1.165, 1.54) is 0 Å². The van der Waals surface area contributed by atoms with Crippen LogP contribution in [0.4, 0.5) is 13.2 Å². The highest BCUT2D eigenvalue weighted by Crippen LogP contribution is 2.36. The third kappa shape index (κ3) is 5.03. The number of hydrogen-bond donors (Lipinski definition) is 0.